The van der Waals surface area contributed by atoms with Crippen LogP contribution < -0.4 is 10.6 Å². The molecule has 0 unspecified atom stereocenters. The van der Waals surface area contributed by atoms with Crippen LogP contribution in [-0.2, 0) is 20.0 Å². The van der Waals surface area contributed by atoms with Crippen molar-refractivity contribution >= 4 is 53.1 Å². The summed E-state index contributed by atoms with van der Waals surface area (Å²) < 4.78 is 6.90. The van der Waals surface area contributed by atoms with Gasteiger partial charge < -0.3 is 19.7 Å². The first-order valence-electron chi connectivity index (χ1n) is 7.24. The maximum atomic E-state index is 6.05. The lowest BCUT2D eigenvalue weighted by molar-refractivity contribution is 0.372. The van der Waals surface area contributed by atoms with Gasteiger partial charge in [-0.3, -0.25) is 4.99 Å². The summed E-state index contributed by atoms with van der Waals surface area (Å²) in [5.41, 5.74) is 0.976. The number of hydrogen-bond donors (Lipinski definition) is 2. The lowest BCUT2D eigenvalue weighted by Crippen LogP contribution is -2.37. The van der Waals surface area contributed by atoms with Crippen LogP contribution in [0.5, 0.6) is 0 Å². The maximum absolute atomic E-state index is 6.05. The maximum Gasteiger partial charge on any atom is 0.226 e. The molecule has 2 heterocycles. The number of aryl methyl sites for hydroxylation is 2. The Morgan fingerprint density at radius 3 is 2.67 bits per heavy atom. The van der Waals surface area contributed by atoms with E-state index in [1.807, 2.05) is 17.7 Å². The van der Waals surface area contributed by atoms with Gasteiger partial charge in [-0.15, -0.1) is 24.0 Å². The number of rotatable bonds is 6. The van der Waals surface area contributed by atoms with E-state index in [2.05, 4.69) is 25.8 Å². The van der Waals surface area contributed by atoms with E-state index in [1.165, 1.54) is 0 Å². The topological polar surface area (TPSA) is 80.3 Å². The van der Waals surface area contributed by atoms with Gasteiger partial charge in [-0.05, 0) is 19.4 Å². The highest BCUT2D eigenvalue weighted by molar-refractivity contribution is 14.0. The van der Waals surface area contributed by atoms with Gasteiger partial charge >= 0.3 is 0 Å². The summed E-state index contributed by atoms with van der Waals surface area (Å²) in [6.45, 7) is 3.13. The number of aliphatic imine (C=N–C) groups is 1. The van der Waals surface area contributed by atoms with Crippen LogP contribution in [0.2, 0.25) is 10.2 Å². The van der Waals surface area contributed by atoms with E-state index >= 15 is 0 Å². The Hall–Kier alpha value is -1.000. The number of halogens is 3. The fourth-order valence-electron chi connectivity index (χ4n) is 2.04. The molecule has 0 aliphatic carbocycles. The fraction of sp³-hybridized carbons (Fsp3) is 0.500. The lowest BCUT2D eigenvalue weighted by Gasteiger charge is -2.12. The van der Waals surface area contributed by atoms with E-state index in [1.54, 1.807) is 14.0 Å². The lowest BCUT2D eigenvalue weighted by atomic mass is 10.3. The molecule has 2 aromatic heterocycles. The Morgan fingerprint density at radius 2 is 2.12 bits per heavy atom. The molecule has 0 amide bonds. The van der Waals surface area contributed by atoms with E-state index in [0.717, 1.165) is 25.1 Å². The third kappa shape index (κ3) is 5.82. The summed E-state index contributed by atoms with van der Waals surface area (Å²) in [4.78, 5) is 8.34. The second-order valence-corrected chi connectivity index (χ2v) is 5.79. The number of nitrogens with zero attached hydrogens (tertiary/aromatic N) is 4. The van der Waals surface area contributed by atoms with E-state index < -0.39 is 0 Å². The molecule has 7 nitrogen and oxygen atoms in total. The Kier molecular flexibility index (Phi) is 8.85. The summed E-state index contributed by atoms with van der Waals surface area (Å²) in [7, 11) is 3.59. The third-order valence-electron chi connectivity index (χ3n) is 3.31. The minimum atomic E-state index is 0. The van der Waals surface area contributed by atoms with Crippen molar-refractivity contribution in [3.8, 4) is 0 Å². The zero-order valence-electron chi connectivity index (χ0n) is 13.8. The van der Waals surface area contributed by atoms with Crippen molar-refractivity contribution in [2.45, 2.75) is 26.3 Å². The van der Waals surface area contributed by atoms with Crippen molar-refractivity contribution in [1.82, 2.24) is 25.3 Å². The smallest absolute Gasteiger partial charge is 0.226 e. The van der Waals surface area contributed by atoms with Crippen LogP contribution in [0.3, 0.4) is 0 Å². The summed E-state index contributed by atoms with van der Waals surface area (Å²) >= 11 is 12.0. The van der Waals surface area contributed by atoms with Gasteiger partial charge in [0.25, 0.3) is 0 Å². The summed E-state index contributed by atoms with van der Waals surface area (Å²) in [5.74, 6) is 2.02. The number of nitrogens with one attached hydrogen (secondary N) is 2. The van der Waals surface area contributed by atoms with Crippen molar-refractivity contribution in [2.75, 3.05) is 13.6 Å². The van der Waals surface area contributed by atoms with Crippen LogP contribution >= 0.6 is 47.2 Å². The standard InChI is InChI=1S/C14H20Cl2N6O.HI/c1-9-20-12(23-21-9)5-4-6-18-14(17-2)19-8-10-7-11(15)13(16)22(10)3;/h7H,4-6,8H2,1-3H3,(H2,17,18,19);1H. The second kappa shape index (κ2) is 10.1. The van der Waals surface area contributed by atoms with Gasteiger partial charge in [-0.1, -0.05) is 28.4 Å². The van der Waals surface area contributed by atoms with Gasteiger partial charge in [0.05, 0.1) is 11.6 Å². The number of guanidine groups is 1. The van der Waals surface area contributed by atoms with E-state index in [0.29, 0.717) is 34.4 Å². The SMILES string of the molecule is CN=C(NCCCc1nc(C)no1)NCc1cc(Cl)c(Cl)n1C.I. The molecule has 0 atom stereocenters. The van der Waals surface area contributed by atoms with E-state index in [-0.39, 0.29) is 24.0 Å². The number of hydrogen-bond acceptors (Lipinski definition) is 4. The number of aromatic nitrogens is 3. The largest absolute Gasteiger partial charge is 0.356 e. The van der Waals surface area contributed by atoms with Gasteiger partial charge in [0, 0.05) is 32.8 Å². The molecule has 0 aliphatic heterocycles. The van der Waals surface area contributed by atoms with Crippen molar-refractivity contribution in [1.29, 1.82) is 0 Å². The van der Waals surface area contributed by atoms with Gasteiger partial charge in [0.2, 0.25) is 5.89 Å². The molecule has 10 heteroatoms. The first kappa shape index (κ1) is 21.0. The van der Waals surface area contributed by atoms with Gasteiger partial charge in [0.1, 0.15) is 5.15 Å². The summed E-state index contributed by atoms with van der Waals surface area (Å²) in [6, 6.07) is 1.84. The van der Waals surface area contributed by atoms with Crippen molar-refractivity contribution in [3.63, 3.8) is 0 Å². The predicted octanol–water partition coefficient (Wildman–Crippen LogP) is 2.94. The highest BCUT2D eigenvalue weighted by atomic mass is 127. The molecule has 2 aromatic rings. The van der Waals surface area contributed by atoms with Crippen molar-refractivity contribution < 1.29 is 4.52 Å². The van der Waals surface area contributed by atoms with Crippen LogP contribution in [-0.4, -0.2) is 34.3 Å². The highest BCUT2D eigenvalue weighted by Crippen LogP contribution is 2.24. The highest BCUT2D eigenvalue weighted by Gasteiger charge is 2.09. The summed E-state index contributed by atoms with van der Waals surface area (Å²) in [6.07, 6.45) is 1.60. The molecule has 2 rings (SSSR count). The molecule has 0 aliphatic rings. The quantitative estimate of drug-likeness (QED) is 0.284. The normalized spacial score (nSPS) is 11.3. The molecule has 134 valence electrons. The predicted molar refractivity (Wildman–Crippen MR) is 106 cm³/mol. The average molecular weight is 487 g/mol. The van der Waals surface area contributed by atoms with Gasteiger partial charge in [-0.25, -0.2) is 0 Å². The molecule has 2 N–H and O–H groups in total. The zero-order chi connectivity index (χ0) is 16.8. The summed E-state index contributed by atoms with van der Waals surface area (Å²) in [5, 5.41) is 11.3. The molecule has 0 bridgehead atoms. The van der Waals surface area contributed by atoms with Crippen LogP contribution in [0.15, 0.2) is 15.6 Å². The molecule has 0 saturated heterocycles. The van der Waals surface area contributed by atoms with Gasteiger partial charge in [-0.2, -0.15) is 4.98 Å². The molecule has 0 fully saturated rings. The minimum Gasteiger partial charge on any atom is -0.356 e. The second-order valence-electron chi connectivity index (χ2n) is 5.02. The van der Waals surface area contributed by atoms with Gasteiger partial charge in [0.15, 0.2) is 11.8 Å². The Bertz CT molecular complexity index is 685. The van der Waals surface area contributed by atoms with Crippen LogP contribution in [0.25, 0.3) is 0 Å². The van der Waals surface area contributed by atoms with E-state index in [4.69, 9.17) is 27.7 Å². The fourth-order valence-corrected chi connectivity index (χ4v) is 2.46. The molecule has 0 aromatic carbocycles. The zero-order valence-corrected chi connectivity index (χ0v) is 17.6. The molecule has 24 heavy (non-hydrogen) atoms. The Balaban J connectivity index is 0.00000288. The van der Waals surface area contributed by atoms with Crippen LogP contribution in [0.4, 0.5) is 0 Å². The first-order chi connectivity index (χ1) is 11.0. The van der Waals surface area contributed by atoms with Crippen LogP contribution in [0.1, 0.15) is 23.8 Å². The third-order valence-corrected chi connectivity index (χ3v) is 4.15. The first-order valence-corrected chi connectivity index (χ1v) is 8.00. The Morgan fingerprint density at radius 1 is 1.38 bits per heavy atom. The molecule has 0 radical (unpaired) electrons. The van der Waals surface area contributed by atoms with Crippen molar-refractivity contribution in [2.24, 2.45) is 12.0 Å². The molecular weight excluding hydrogens is 466 g/mol. The molecule has 0 spiro atoms. The van der Waals surface area contributed by atoms with Crippen LogP contribution in [0, 0.1) is 6.92 Å². The Labute approximate surface area is 168 Å². The van der Waals surface area contributed by atoms with E-state index in [9.17, 15) is 0 Å². The minimum absolute atomic E-state index is 0. The molecule has 0 saturated carbocycles. The monoisotopic (exact) mass is 486 g/mol. The molecular formula is C14H21Cl2IN6O. The van der Waals surface area contributed by atoms with Crippen molar-refractivity contribution in [3.05, 3.63) is 33.7 Å². The average Bonchev–Trinajstić information content (AvgIpc) is 3.05.